The Hall–Kier alpha value is -1.65. The van der Waals surface area contributed by atoms with E-state index < -0.39 is 11.7 Å². The van der Waals surface area contributed by atoms with Gasteiger partial charge < -0.3 is 15.5 Å². The maximum Gasteiger partial charge on any atom is 0.407 e. The van der Waals surface area contributed by atoms with Crippen LogP contribution in [0.15, 0.2) is 12.2 Å². The van der Waals surface area contributed by atoms with Crippen LogP contribution >= 0.6 is 0 Å². The van der Waals surface area contributed by atoms with Crippen LogP contribution in [-0.4, -0.2) is 29.7 Å². The molecule has 1 atom stereocenters. The molecule has 0 radical (unpaired) electrons. The van der Waals surface area contributed by atoms with Gasteiger partial charge in [0, 0.05) is 18.2 Å². The Kier molecular flexibility index (Phi) is 5.92. The zero-order valence-electron chi connectivity index (χ0n) is 12.5. The van der Waals surface area contributed by atoms with Gasteiger partial charge in [-0.3, -0.25) is 4.79 Å². The molecule has 0 fully saturated rings. The minimum atomic E-state index is -0.481. The first-order valence-corrected chi connectivity index (χ1v) is 7.04. The Morgan fingerprint density at radius 2 is 2.10 bits per heavy atom. The molecule has 112 valence electrons. The second kappa shape index (κ2) is 7.22. The Balaban J connectivity index is 2.13. The van der Waals surface area contributed by atoms with E-state index in [0.717, 1.165) is 19.3 Å². The molecule has 1 rings (SSSR count). The molecule has 0 aromatic heterocycles. The number of hydrogen-bond donors (Lipinski definition) is 2. The van der Waals surface area contributed by atoms with Crippen molar-refractivity contribution in [1.29, 1.82) is 5.41 Å². The molecular weight excluding hydrogens is 256 g/mol. The molecule has 0 aliphatic heterocycles. The SMILES string of the molecule is CC(C)(C)OC(=O)NCCCCC1CC(=N)C=CC1=O. The van der Waals surface area contributed by atoms with Gasteiger partial charge in [-0.1, -0.05) is 6.42 Å². The number of unbranched alkanes of at least 4 members (excludes halogenated alkanes) is 1. The van der Waals surface area contributed by atoms with Crippen LogP contribution in [0, 0.1) is 11.3 Å². The van der Waals surface area contributed by atoms with Gasteiger partial charge in [-0.25, -0.2) is 4.79 Å². The van der Waals surface area contributed by atoms with E-state index in [9.17, 15) is 9.59 Å². The average Bonchev–Trinajstić information content (AvgIpc) is 2.30. The Morgan fingerprint density at radius 3 is 2.75 bits per heavy atom. The summed E-state index contributed by atoms with van der Waals surface area (Å²) in [5, 5.41) is 10.2. The fourth-order valence-electron chi connectivity index (χ4n) is 2.02. The molecule has 1 unspecified atom stereocenters. The number of hydrogen-bond acceptors (Lipinski definition) is 4. The fraction of sp³-hybridized carbons (Fsp3) is 0.667. The Morgan fingerprint density at radius 1 is 1.40 bits per heavy atom. The number of alkyl carbamates (subject to hydrolysis) is 1. The fourth-order valence-corrected chi connectivity index (χ4v) is 2.02. The van der Waals surface area contributed by atoms with Crippen molar-refractivity contribution < 1.29 is 14.3 Å². The number of carbonyl (C=O) groups excluding carboxylic acids is 2. The predicted molar refractivity (Wildman–Crippen MR) is 78.1 cm³/mol. The lowest BCUT2D eigenvalue weighted by atomic mass is 9.88. The lowest BCUT2D eigenvalue weighted by molar-refractivity contribution is -0.118. The minimum Gasteiger partial charge on any atom is -0.444 e. The summed E-state index contributed by atoms with van der Waals surface area (Å²) in [4.78, 5) is 23.0. The van der Waals surface area contributed by atoms with Crippen molar-refractivity contribution in [3.05, 3.63) is 12.2 Å². The van der Waals surface area contributed by atoms with E-state index in [1.807, 2.05) is 20.8 Å². The summed E-state index contributed by atoms with van der Waals surface area (Å²) >= 11 is 0. The standard InChI is InChI=1S/C15H24N2O3/c1-15(2,3)20-14(19)17-9-5-4-6-11-10-12(16)7-8-13(11)18/h7-8,11,16H,4-6,9-10H2,1-3H3,(H,17,19). The number of amides is 1. The van der Waals surface area contributed by atoms with Gasteiger partial charge in [0.15, 0.2) is 5.78 Å². The molecule has 2 N–H and O–H groups in total. The topological polar surface area (TPSA) is 79.2 Å². The molecule has 5 heteroatoms. The molecule has 0 heterocycles. The summed E-state index contributed by atoms with van der Waals surface area (Å²) in [6.07, 6.45) is 5.62. The largest absolute Gasteiger partial charge is 0.444 e. The maximum absolute atomic E-state index is 11.6. The number of ether oxygens (including phenoxy) is 1. The lowest BCUT2D eigenvalue weighted by Gasteiger charge is -2.20. The highest BCUT2D eigenvalue weighted by Gasteiger charge is 2.20. The molecule has 20 heavy (non-hydrogen) atoms. The molecule has 0 aromatic rings. The maximum atomic E-state index is 11.6. The van der Waals surface area contributed by atoms with Gasteiger partial charge in [0.2, 0.25) is 0 Å². The summed E-state index contributed by atoms with van der Waals surface area (Å²) < 4.78 is 5.12. The second-order valence-electron chi connectivity index (χ2n) is 6.09. The third-order valence-electron chi connectivity index (χ3n) is 2.97. The summed E-state index contributed by atoms with van der Waals surface area (Å²) in [6, 6.07) is 0. The van der Waals surface area contributed by atoms with E-state index in [1.54, 1.807) is 6.08 Å². The van der Waals surface area contributed by atoms with Gasteiger partial charge in [-0.2, -0.15) is 0 Å². The number of rotatable bonds is 5. The summed E-state index contributed by atoms with van der Waals surface area (Å²) in [5.74, 6) is 0.0510. The van der Waals surface area contributed by atoms with Gasteiger partial charge >= 0.3 is 6.09 Å². The monoisotopic (exact) mass is 280 g/mol. The van der Waals surface area contributed by atoms with Crippen molar-refractivity contribution in [2.75, 3.05) is 6.54 Å². The number of ketones is 1. The summed E-state index contributed by atoms with van der Waals surface area (Å²) in [7, 11) is 0. The van der Waals surface area contributed by atoms with Gasteiger partial charge in [-0.15, -0.1) is 0 Å². The molecule has 5 nitrogen and oxygen atoms in total. The van der Waals surface area contributed by atoms with Crippen LogP contribution in [0.4, 0.5) is 4.79 Å². The highest BCUT2D eigenvalue weighted by Crippen LogP contribution is 2.19. The van der Waals surface area contributed by atoms with Gasteiger partial charge in [0.05, 0.1) is 0 Å². The first kappa shape index (κ1) is 16.4. The third-order valence-corrected chi connectivity index (χ3v) is 2.97. The molecule has 0 saturated carbocycles. The van der Waals surface area contributed by atoms with Crippen molar-refractivity contribution in [3.63, 3.8) is 0 Å². The van der Waals surface area contributed by atoms with Crippen molar-refractivity contribution >= 4 is 17.6 Å². The first-order chi connectivity index (χ1) is 9.28. The average molecular weight is 280 g/mol. The van der Waals surface area contributed by atoms with E-state index in [2.05, 4.69) is 5.32 Å². The molecule has 0 aromatic carbocycles. The van der Waals surface area contributed by atoms with E-state index in [0.29, 0.717) is 18.7 Å². The van der Waals surface area contributed by atoms with Crippen LogP contribution in [0.1, 0.15) is 46.5 Å². The van der Waals surface area contributed by atoms with E-state index in [1.165, 1.54) is 6.08 Å². The molecule has 1 aliphatic carbocycles. The molecule has 0 bridgehead atoms. The highest BCUT2D eigenvalue weighted by molar-refractivity contribution is 6.06. The zero-order chi connectivity index (χ0) is 15.2. The van der Waals surface area contributed by atoms with Crippen molar-refractivity contribution in [2.45, 2.75) is 52.1 Å². The normalized spacial score (nSPS) is 19.1. The quantitative estimate of drug-likeness (QED) is 0.760. The van der Waals surface area contributed by atoms with Crippen LogP contribution in [0.25, 0.3) is 0 Å². The predicted octanol–water partition coefficient (Wildman–Crippen LogP) is 2.85. The van der Waals surface area contributed by atoms with Crippen LogP contribution in [0.5, 0.6) is 0 Å². The number of carbonyl (C=O) groups is 2. The van der Waals surface area contributed by atoms with Crippen LogP contribution in [-0.2, 0) is 9.53 Å². The third kappa shape index (κ3) is 6.50. The smallest absolute Gasteiger partial charge is 0.407 e. The Bertz CT molecular complexity index is 408. The van der Waals surface area contributed by atoms with Gasteiger partial charge in [0.25, 0.3) is 0 Å². The van der Waals surface area contributed by atoms with Crippen LogP contribution < -0.4 is 5.32 Å². The highest BCUT2D eigenvalue weighted by atomic mass is 16.6. The van der Waals surface area contributed by atoms with E-state index in [4.69, 9.17) is 10.1 Å². The van der Waals surface area contributed by atoms with Gasteiger partial charge in [-0.05, 0) is 52.2 Å². The van der Waals surface area contributed by atoms with E-state index >= 15 is 0 Å². The molecule has 1 amide bonds. The number of nitrogens with one attached hydrogen (secondary N) is 2. The first-order valence-electron chi connectivity index (χ1n) is 7.04. The molecule has 1 aliphatic rings. The lowest BCUT2D eigenvalue weighted by Crippen LogP contribution is -2.33. The molecule has 0 saturated heterocycles. The van der Waals surface area contributed by atoms with Crippen molar-refractivity contribution in [2.24, 2.45) is 5.92 Å². The molecule has 0 spiro atoms. The van der Waals surface area contributed by atoms with Gasteiger partial charge in [0.1, 0.15) is 5.60 Å². The Labute approximate surface area is 120 Å². The molecular formula is C15H24N2O3. The summed E-state index contributed by atoms with van der Waals surface area (Å²) in [6.45, 7) is 6.01. The summed E-state index contributed by atoms with van der Waals surface area (Å²) in [5.41, 5.74) is 0.0344. The van der Waals surface area contributed by atoms with Crippen molar-refractivity contribution in [3.8, 4) is 0 Å². The minimum absolute atomic E-state index is 0.0611. The van der Waals surface area contributed by atoms with Crippen LogP contribution in [0.2, 0.25) is 0 Å². The van der Waals surface area contributed by atoms with Crippen molar-refractivity contribution in [1.82, 2.24) is 5.32 Å². The van der Waals surface area contributed by atoms with Crippen LogP contribution in [0.3, 0.4) is 0 Å². The number of allylic oxidation sites excluding steroid dienone is 2. The second-order valence-corrected chi connectivity index (χ2v) is 6.09. The zero-order valence-corrected chi connectivity index (χ0v) is 12.5. The van der Waals surface area contributed by atoms with E-state index in [-0.39, 0.29) is 11.7 Å².